The van der Waals surface area contributed by atoms with Crippen molar-refractivity contribution in [1.82, 2.24) is 19.4 Å². The topological polar surface area (TPSA) is 46.3 Å². The third kappa shape index (κ3) is 2.05. The Bertz CT molecular complexity index is 765. The van der Waals surface area contributed by atoms with Crippen LogP contribution >= 0.6 is 0 Å². The normalized spacial score (nSPS) is 18.5. The molecule has 5 heteroatoms. The van der Waals surface area contributed by atoms with E-state index in [1.54, 1.807) is 12.4 Å². The molecule has 1 unspecified atom stereocenters. The van der Waals surface area contributed by atoms with Crippen LogP contribution in [0.15, 0.2) is 42.9 Å². The van der Waals surface area contributed by atoms with Gasteiger partial charge in [0.2, 0.25) is 5.95 Å². The molecule has 0 amide bonds. The van der Waals surface area contributed by atoms with Gasteiger partial charge in [-0.15, -0.1) is 0 Å². The Morgan fingerprint density at radius 1 is 1.14 bits per heavy atom. The lowest BCUT2D eigenvalue weighted by Crippen LogP contribution is -2.25. The first-order chi connectivity index (χ1) is 10.3. The van der Waals surface area contributed by atoms with Crippen LogP contribution in [0.4, 0.5) is 5.95 Å². The summed E-state index contributed by atoms with van der Waals surface area (Å²) < 4.78 is 2.20. The van der Waals surface area contributed by atoms with Crippen molar-refractivity contribution in [2.45, 2.75) is 25.8 Å². The predicted octanol–water partition coefficient (Wildman–Crippen LogP) is 2.77. The van der Waals surface area contributed by atoms with Gasteiger partial charge in [-0.3, -0.25) is 0 Å². The van der Waals surface area contributed by atoms with Crippen LogP contribution < -0.4 is 4.90 Å². The Hall–Kier alpha value is -2.43. The molecule has 1 aliphatic rings. The molecule has 0 aromatic carbocycles. The largest absolute Gasteiger partial charge is 0.332 e. The Morgan fingerprint density at radius 3 is 2.86 bits per heavy atom. The fourth-order valence-corrected chi connectivity index (χ4v) is 3.18. The van der Waals surface area contributed by atoms with Crippen LogP contribution in [-0.4, -0.2) is 25.9 Å². The van der Waals surface area contributed by atoms with Crippen molar-refractivity contribution in [3.8, 4) is 0 Å². The van der Waals surface area contributed by atoms with Crippen molar-refractivity contribution in [2.24, 2.45) is 0 Å². The Kier molecular flexibility index (Phi) is 2.84. The second kappa shape index (κ2) is 4.84. The number of pyridine rings is 1. The van der Waals surface area contributed by atoms with Crippen LogP contribution in [0.3, 0.4) is 0 Å². The number of anilines is 1. The Labute approximate surface area is 123 Å². The van der Waals surface area contributed by atoms with Gasteiger partial charge in [-0.2, -0.15) is 0 Å². The molecule has 0 saturated carbocycles. The van der Waals surface area contributed by atoms with Crippen molar-refractivity contribution in [3.63, 3.8) is 0 Å². The third-order valence-corrected chi connectivity index (χ3v) is 4.05. The van der Waals surface area contributed by atoms with E-state index in [1.807, 2.05) is 13.0 Å². The molecule has 1 atom stereocenters. The molecule has 106 valence electrons. The van der Waals surface area contributed by atoms with Gasteiger partial charge in [0.25, 0.3) is 0 Å². The van der Waals surface area contributed by atoms with Gasteiger partial charge in [0.05, 0.1) is 11.7 Å². The van der Waals surface area contributed by atoms with E-state index in [-0.39, 0.29) is 0 Å². The molecule has 0 bridgehead atoms. The first kappa shape index (κ1) is 12.3. The number of nitrogens with zero attached hydrogens (tertiary/aromatic N) is 5. The third-order valence-electron chi connectivity index (χ3n) is 4.05. The number of hydrogen-bond acceptors (Lipinski definition) is 4. The summed E-state index contributed by atoms with van der Waals surface area (Å²) in [7, 11) is 0. The number of hydrogen-bond donors (Lipinski definition) is 0. The van der Waals surface area contributed by atoms with Crippen molar-refractivity contribution in [2.75, 3.05) is 11.4 Å². The summed E-state index contributed by atoms with van der Waals surface area (Å²) in [6.07, 6.45) is 7.99. The van der Waals surface area contributed by atoms with Crippen molar-refractivity contribution in [3.05, 3.63) is 54.2 Å². The summed E-state index contributed by atoms with van der Waals surface area (Å²) in [4.78, 5) is 15.7. The highest BCUT2D eigenvalue weighted by Crippen LogP contribution is 2.34. The molecular formula is C16H17N5. The average Bonchev–Trinajstić information content (AvgIpc) is 3.12. The van der Waals surface area contributed by atoms with Crippen molar-refractivity contribution >= 4 is 11.6 Å². The monoisotopic (exact) mass is 279 g/mol. The first-order valence-electron chi connectivity index (χ1n) is 7.31. The van der Waals surface area contributed by atoms with Crippen molar-refractivity contribution in [1.29, 1.82) is 0 Å². The number of rotatable bonds is 2. The first-order valence-corrected chi connectivity index (χ1v) is 7.31. The van der Waals surface area contributed by atoms with E-state index in [2.05, 4.69) is 48.6 Å². The molecular weight excluding hydrogens is 262 g/mol. The minimum Gasteiger partial charge on any atom is -0.332 e. The number of aromatic nitrogens is 4. The van der Waals surface area contributed by atoms with E-state index < -0.39 is 0 Å². The maximum absolute atomic E-state index is 4.56. The Balaban J connectivity index is 1.80. The van der Waals surface area contributed by atoms with E-state index in [0.29, 0.717) is 6.04 Å². The quantitative estimate of drug-likeness (QED) is 0.723. The molecule has 0 spiro atoms. The molecule has 3 aromatic heterocycles. The minimum atomic E-state index is 0.310. The zero-order valence-electron chi connectivity index (χ0n) is 12.0. The lowest BCUT2D eigenvalue weighted by Gasteiger charge is -2.25. The van der Waals surface area contributed by atoms with Gasteiger partial charge in [-0.05, 0) is 38.0 Å². The van der Waals surface area contributed by atoms with Gasteiger partial charge in [-0.25, -0.2) is 15.0 Å². The Morgan fingerprint density at radius 2 is 2.00 bits per heavy atom. The molecule has 5 nitrogen and oxygen atoms in total. The van der Waals surface area contributed by atoms with E-state index in [9.17, 15) is 0 Å². The zero-order chi connectivity index (χ0) is 14.2. The van der Waals surface area contributed by atoms with Gasteiger partial charge in [0, 0.05) is 30.8 Å². The fourth-order valence-electron chi connectivity index (χ4n) is 3.18. The van der Waals surface area contributed by atoms with Crippen LogP contribution in [-0.2, 0) is 0 Å². The van der Waals surface area contributed by atoms with Gasteiger partial charge < -0.3 is 9.30 Å². The summed E-state index contributed by atoms with van der Waals surface area (Å²) >= 11 is 0. The molecule has 4 heterocycles. The number of fused-ring (bicyclic) bond motifs is 1. The van der Waals surface area contributed by atoms with E-state index in [1.165, 1.54) is 5.69 Å². The zero-order valence-corrected chi connectivity index (χ0v) is 12.0. The molecule has 3 aromatic rings. The van der Waals surface area contributed by atoms with Gasteiger partial charge in [0.1, 0.15) is 5.65 Å². The van der Waals surface area contributed by atoms with E-state index in [4.69, 9.17) is 0 Å². The highest BCUT2D eigenvalue weighted by atomic mass is 15.3. The lowest BCUT2D eigenvalue weighted by atomic mass is 10.1. The fraction of sp³-hybridized carbons (Fsp3) is 0.312. The maximum atomic E-state index is 4.56. The number of imidazole rings is 1. The standard InChI is InChI=1S/C16H17N5/c1-12-11-21-14(5-2-7-15(21)19-12)13-6-3-10-20(13)16-17-8-4-9-18-16/h2,4-5,7-9,11,13H,3,6,10H2,1H3. The molecule has 1 fully saturated rings. The average molecular weight is 279 g/mol. The predicted molar refractivity (Wildman–Crippen MR) is 81.3 cm³/mol. The maximum Gasteiger partial charge on any atom is 0.225 e. The minimum absolute atomic E-state index is 0.310. The highest BCUT2D eigenvalue weighted by molar-refractivity contribution is 5.45. The molecule has 4 rings (SSSR count). The van der Waals surface area contributed by atoms with E-state index in [0.717, 1.165) is 36.7 Å². The summed E-state index contributed by atoms with van der Waals surface area (Å²) in [5, 5.41) is 0. The van der Waals surface area contributed by atoms with Gasteiger partial charge >= 0.3 is 0 Å². The van der Waals surface area contributed by atoms with Gasteiger partial charge in [0.15, 0.2) is 0 Å². The van der Waals surface area contributed by atoms with Gasteiger partial charge in [-0.1, -0.05) is 6.07 Å². The molecule has 0 aliphatic carbocycles. The van der Waals surface area contributed by atoms with Crippen molar-refractivity contribution < 1.29 is 0 Å². The molecule has 0 N–H and O–H groups in total. The van der Waals surface area contributed by atoms with E-state index >= 15 is 0 Å². The number of aryl methyl sites for hydroxylation is 1. The smallest absolute Gasteiger partial charge is 0.225 e. The summed E-state index contributed by atoms with van der Waals surface area (Å²) in [5.74, 6) is 0.814. The summed E-state index contributed by atoms with van der Waals surface area (Å²) in [6, 6.07) is 8.48. The molecule has 21 heavy (non-hydrogen) atoms. The SMILES string of the molecule is Cc1cn2c(C3CCCN3c3ncccn3)cccc2n1. The van der Waals surface area contributed by atoms with Crippen LogP contribution in [0.1, 0.15) is 30.3 Å². The van der Waals surface area contributed by atoms with Crippen LogP contribution in [0.5, 0.6) is 0 Å². The lowest BCUT2D eigenvalue weighted by molar-refractivity contribution is 0.669. The highest BCUT2D eigenvalue weighted by Gasteiger charge is 2.29. The van der Waals surface area contributed by atoms with Crippen LogP contribution in [0.2, 0.25) is 0 Å². The summed E-state index contributed by atoms with van der Waals surface area (Å²) in [5.41, 5.74) is 3.31. The summed E-state index contributed by atoms with van der Waals surface area (Å²) in [6.45, 7) is 3.03. The molecule has 0 radical (unpaired) electrons. The second-order valence-electron chi connectivity index (χ2n) is 5.46. The van der Waals surface area contributed by atoms with Crippen LogP contribution in [0.25, 0.3) is 5.65 Å². The molecule has 1 aliphatic heterocycles. The van der Waals surface area contributed by atoms with Crippen LogP contribution in [0, 0.1) is 6.92 Å². The second-order valence-corrected chi connectivity index (χ2v) is 5.46. The molecule has 1 saturated heterocycles.